The zero-order chi connectivity index (χ0) is 36.5. The number of carbonyl (C=O) groups is 2. The van der Waals surface area contributed by atoms with E-state index in [9.17, 15) is 9.59 Å². The summed E-state index contributed by atoms with van der Waals surface area (Å²) in [6, 6.07) is 9.48. The summed E-state index contributed by atoms with van der Waals surface area (Å²) in [4.78, 5) is 41.1. The van der Waals surface area contributed by atoms with Crippen molar-refractivity contribution >= 4 is 29.3 Å². The second kappa shape index (κ2) is 12.7. The van der Waals surface area contributed by atoms with E-state index in [1.165, 1.54) is 0 Å². The Bertz CT molecular complexity index is 1820. The van der Waals surface area contributed by atoms with Crippen molar-refractivity contribution in [1.29, 1.82) is 0 Å². The fourth-order valence-corrected chi connectivity index (χ4v) is 10.2. The van der Waals surface area contributed by atoms with Crippen LogP contribution >= 0.6 is 11.6 Å². The van der Waals surface area contributed by atoms with Crippen LogP contribution in [0.2, 0.25) is 5.02 Å². The lowest BCUT2D eigenvalue weighted by Crippen LogP contribution is -2.74. The third-order valence-electron chi connectivity index (χ3n) is 11.9. The standard InChI is InChI=1S/C41H50ClN5O4/c1-38(2,3)51-37(49)45-20-19-41(23-45)24-46(25-41)28-14-10-26(11-15-28)9-12-27-13-17-30-33(44-27)22-47(34(30)48)35-39(4,5)36(40(35,6)7)50-29-16-18-32(43-8)31(42)21-29/h13,16-18,21,26,28,35-36H,10-11,14-15,19-20,22-25H2,1-7H3. The average molecular weight is 712 g/mol. The third kappa shape index (κ3) is 6.57. The Morgan fingerprint density at radius 2 is 1.75 bits per heavy atom. The van der Waals surface area contributed by atoms with Crippen molar-refractivity contribution in [2.24, 2.45) is 22.2 Å². The molecule has 51 heavy (non-hydrogen) atoms. The molecular weight excluding hydrogens is 662 g/mol. The summed E-state index contributed by atoms with van der Waals surface area (Å²) in [5.74, 6) is 7.84. The van der Waals surface area contributed by atoms with Crippen LogP contribution < -0.4 is 4.74 Å². The van der Waals surface area contributed by atoms with Gasteiger partial charge in [0.05, 0.1) is 29.4 Å². The highest BCUT2D eigenvalue weighted by Crippen LogP contribution is 2.59. The lowest BCUT2D eigenvalue weighted by Gasteiger charge is -2.65. The van der Waals surface area contributed by atoms with Gasteiger partial charge in [0.15, 0.2) is 0 Å². The number of nitrogens with zero attached hydrogens (tertiary/aromatic N) is 5. The second-order valence-electron chi connectivity index (χ2n) is 17.7. The van der Waals surface area contributed by atoms with E-state index in [4.69, 9.17) is 32.6 Å². The molecule has 4 fully saturated rings. The maximum absolute atomic E-state index is 13.7. The summed E-state index contributed by atoms with van der Waals surface area (Å²) in [5.41, 5.74) is 1.66. The predicted molar refractivity (Wildman–Crippen MR) is 197 cm³/mol. The third-order valence-corrected chi connectivity index (χ3v) is 12.2. The molecule has 2 aliphatic carbocycles. The van der Waals surface area contributed by atoms with Crippen molar-refractivity contribution < 1.29 is 19.1 Å². The Morgan fingerprint density at radius 1 is 1.04 bits per heavy atom. The molecule has 2 aromatic rings. The van der Waals surface area contributed by atoms with Gasteiger partial charge in [0.1, 0.15) is 23.1 Å². The fourth-order valence-electron chi connectivity index (χ4n) is 10.00. The van der Waals surface area contributed by atoms with Gasteiger partial charge in [0.25, 0.3) is 5.91 Å². The molecular formula is C41H50ClN5O4. The Labute approximate surface area is 307 Å². The summed E-state index contributed by atoms with van der Waals surface area (Å²) in [6.07, 6.45) is 5.15. The first-order valence-corrected chi connectivity index (χ1v) is 18.8. The maximum atomic E-state index is 13.7. The number of likely N-dealkylation sites (tertiary alicyclic amines) is 2. The molecule has 0 atom stereocenters. The molecule has 1 spiro atoms. The minimum absolute atomic E-state index is 0.00677. The Hall–Kier alpha value is -3.79. The van der Waals surface area contributed by atoms with Crippen molar-refractivity contribution in [3.8, 4) is 17.6 Å². The number of rotatable bonds is 4. The number of hydrogen-bond acceptors (Lipinski definition) is 6. The van der Waals surface area contributed by atoms with Gasteiger partial charge in [0, 0.05) is 60.4 Å². The number of pyridine rings is 1. The molecule has 9 nitrogen and oxygen atoms in total. The number of ether oxygens (including phenoxy) is 2. The fraction of sp³-hybridized carbons (Fsp3) is 0.610. The SMILES string of the molecule is [C-]#[N+]c1ccc(OC2C(C)(C)C(N3Cc4nc(C#CC5CCC(N6CC7(CCN(C(=O)OC(C)(C)C)C7)C6)CC5)ccc4C3=O)C2(C)C)cc1Cl. The van der Waals surface area contributed by atoms with E-state index in [-0.39, 0.29) is 40.4 Å². The largest absolute Gasteiger partial charge is 0.489 e. The first-order chi connectivity index (χ1) is 24.0. The second-order valence-corrected chi connectivity index (χ2v) is 18.1. The monoisotopic (exact) mass is 711 g/mol. The molecule has 0 bridgehead atoms. The molecule has 0 N–H and O–H groups in total. The summed E-state index contributed by atoms with van der Waals surface area (Å²) in [6.45, 7) is 25.8. The molecule has 3 aliphatic heterocycles. The van der Waals surface area contributed by atoms with Gasteiger partial charge in [-0.3, -0.25) is 9.69 Å². The number of benzene rings is 1. The van der Waals surface area contributed by atoms with Crippen LogP contribution in [0.5, 0.6) is 5.75 Å². The molecule has 2 amide bonds. The van der Waals surface area contributed by atoms with E-state index < -0.39 is 5.60 Å². The lowest BCUT2D eigenvalue weighted by molar-refractivity contribution is -0.199. The van der Waals surface area contributed by atoms with E-state index >= 15 is 0 Å². The molecule has 2 saturated heterocycles. The highest BCUT2D eigenvalue weighted by Gasteiger charge is 2.67. The summed E-state index contributed by atoms with van der Waals surface area (Å²) >= 11 is 6.29. The van der Waals surface area contributed by atoms with Gasteiger partial charge in [-0.15, -0.1) is 0 Å². The molecule has 7 rings (SSSR count). The van der Waals surface area contributed by atoms with Gasteiger partial charge in [-0.25, -0.2) is 14.6 Å². The number of hydrogen-bond donors (Lipinski definition) is 0. The normalized spacial score (nSPS) is 27.5. The zero-order valence-electron chi connectivity index (χ0n) is 31.0. The molecule has 1 aromatic heterocycles. The smallest absolute Gasteiger partial charge is 0.410 e. The van der Waals surface area contributed by atoms with E-state index in [0.717, 1.165) is 69.7 Å². The predicted octanol–water partition coefficient (Wildman–Crippen LogP) is 7.98. The maximum Gasteiger partial charge on any atom is 0.410 e. The zero-order valence-corrected chi connectivity index (χ0v) is 31.8. The van der Waals surface area contributed by atoms with Gasteiger partial charge in [0.2, 0.25) is 5.69 Å². The Balaban J connectivity index is 0.920. The Morgan fingerprint density at radius 3 is 2.39 bits per heavy atom. The van der Waals surface area contributed by atoms with Crippen molar-refractivity contribution in [1.82, 2.24) is 19.7 Å². The highest BCUT2D eigenvalue weighted by molar-refractivity contribution is 6.33. The van der Waals surface area contributed by atoms with Gasteiger partial charge >= 0.3 is 6.09 Å². The highest BCUT2D eigenvalue weighted by atomic mass is 35.5. The van der Waals surface area contributed by atoms with E-state index in [2.05, 4.69) is 49.3 Å². The molecule has 4 heterocycles. The number of aromatic nitrogens is 1. The van der Waals surface area contributed by atoms with Crippen molar-refractivity contribution in [3.63, 3.8) is 0 Å². The van der Waals surface area contributed by atoms with Crippen molar-refractivity contribution in [2.75, 3.05) is 26.2 Å². The Kier molecular flexibility index (Phi) is 8.87. The van der Waals surface area contributed by atoms with Crippen molar-refractivity contribution in [3.05, 3.63) is 63.7 Å². The summed E-state index contributed by atoms with van der Waals surface area (Å²) < 4.78 is 12.1. The van der Waals surface area contributed by atoms with Crippen LogP contribution in [0.1, 0.15) is 102 Å². The molecule has 0 unspecified atom stereocenters. The molecule has 1 aromatic carbocycles. The van der Waals surface area contributed by atoms with Crippen LogP contribution in [0.3, 0.4) is 0 Å². The van der Waals surface area contributed by atoms with Crippen molar-refractivity contribution in [2.45, 2.75) is 111 Å². The summed E-state index contributed by atoms with van der Waals surface area (Å²) in [7, 11) is 0. The lowest BCUT2D eigenvalue weighted by atomic mass is 9.49. The van der Waals surface area contributed by atoms with E-state index in [1.807, 2.05) is 42.7 Å². The summed E-state index contributed by atoms with van der Waals surface area (Å²) in [5, 5.41) is 0.372. The number of halogens is 1. The van der Waals surface area contributed by atoms with Gasteiger partial charge in [-0.1, -0.05) is 51.3 Å². The van der Waals surface area contributed by atoms with Gasteiger partial charge in [-0.2, -0.15) is 0 Å². The average Bonchev–Trinajstić information content (AvgIpc) is 3.63. The number of amides is 2. The van der Waals surface area contributed by atoms with Gasteiger partial charge < -0.3 is 19.3 Å². The van der Waals surface area contributed by atoms with Crippen LogP contribution in [0, 0.1) is 40.6 Å². The molecule has 10 heteroatoms. The van der Waals surface area contributed by atoms with Gasteiger partial charge in [-0.05, 0) is 83.1 Å². The molecule has 270 valence electrons. The van der Waals surface area contributed by atoms with E-state index in [1.54, 1.807) is 18.2 Å². The first kappa shape index (κ1) is 35.6. The minimum atomic E-state index is -0.463. The minimum Gasteiger partial charge on any atom is -0.489 e. The quantitative estimate of drug-likeness (QED) is 0.237. The van der Waals surface area contributed by atoms with Crippen LogP contribution in [-0.4, -0.2) is 81.7 Å². The number of carbonyl (C=O) groups excluding carboxylic acids is 2. The first-order valence-electron chi connectivity index (χ1n) is 18.4. The number of fused-ring (bicyclic) bond motifs is 1. The topological polar surface area (TPSA) is 79.6 Å². The van der Waals surface area contributed by atoms with Crippen LogP contribution in [0.15, 0.2) is 30.3 Å². The van der Waals surface area contributed by atoms with Crippen LogP contribution in [0.4, 0.5) is 10.5 Å². The molecule has 5 aliphatic rings. The van der Waals surface area contributed by atoms with Crippen LogP contribution in [0.25, 0.3) is 4.85 Å². The molecule has 0 radical (unpaired) electrons. The molecule has 2 saturated carbocycles. The van der Waals surface area contributed by atoms with E-state index in [0.29, 0.717) is 40.5 Å². The van der Waals surface area contributed by atoms with Crippen LogP contribution in [-0.2, 0) is 11.3 Å².